The monoisotopic (exact) mass is 326 g/mol. The van der Waals surface area contributed by atoms with E-state index < -0.39 is 0 Å². The molecule has 24 heavy (non-hydrogen) atoms. The van der Waals surface area contributed by atoms with Gasteiger partial charge in [-0.2, -0.15) is 0 Å². The number of ether oxygens (including phenoxy) is 1. The molecule has 0 unspecified atom stereocenters. The van der Waals surface area contributed by atoms with Crippen molar-refractivity contribution in [2.75, 3.05) is 6.61 Å². The summed E-state index contributed by atoms with van der Waals surface area (Å²) in [5.41, 5.74) is 2.92. The number of carbonyl (C=O) groups is 1. The molecule has 0 saturated carbocycles. The van der Waals surface area contributed by atoms with Crippen LogP contribution in [0.25, 0.3) is 0 Å². The molecule has 1 aromatic heterocycles. The van der Waals surface area contributed by atoms with Gasteiger partial charge in [-0.25, -0.2) is 4.98 Å². The Hall–Kier alpha value is -2.14. The minimum Gasteiger partial charge on any atom is -0.445 e. The van der Waals surface area contributed by atoms with Gasteiger partial charge in [0.25, 0.3) is 5.91 Å². The zero-order valence-electron chi connectivity index (χ0n) is 13.7. The molecule has 1 saturated heterocycles. The molecule has 1 aromatic carbocycles. The molecule has 0 spiro atoms. The lowest BCUT2D eigenvalue weighted by atomic mass is 9.99. The molecule has 0 radical (unpaired) electrons. The standard InChI is InChI=1S/C19H22N2O3/c22-19(17-18(24-12-20-17)16-10-5-11-23-16)21-15-9-4-2-7-13-6-1-3-8-14(13)15/h1,3,6,8,12,15-16H,2,4-5,7,9-11H2,(H,21,22)/t15-,16+/m1/s1. The molecule has 1 fully saturated rings. The van der Waals surface area contributed by atoms with Gasteiger partial charge in [0.05, 0.1) is 6.04 Å². The van der Waals surface area contributed by atoms with Crippen molar-refractivity contribution in [3.8, 4) is 0 Å². The normalized spacial score (nSPS) is 23.5. The highest BCUT2D eigenvalue weighted by Crippen LogP contribution is 2.32. The third-order valence-corrected chi connectivity index (χ3v) is 4.96. The van der Waals surface area contributed by atoms with Crippen LogP contribution >= 0.6 is 0 Å². The van der Waals surface area contributed by atoms with E-state index >= 15 is 0 Å². The number of oxazole rings is 1. The maximum Gasteiger partial charge on any atom is 0.274 e. The van der Waals surface area contributed by atoms with Crippen molar-refractivity contribution in [2.45, 2.75) is 50.7 Å². The Balaban J connectivity index is 1.55. The van der Waals surface area contributed by atoms with E-state index in [1.165, 1.54) is 17.5 Å². The molecule has 2 aromatic rings. The minimum absolute atomic E-state index is 0.0326. The topological polar surface area (TPSA) is 64.4 Å². The maximum absolute atomic E-state index is 12.8. The smallest absolute Gasteiger partial charge is 0.274 e. The van der Waals surface area contributed by atoms with Crippen molar-refractivity contribution in [1.82, 2.24) is 10.3 Å². The Kier molecular flexibility index (Phi) is 4.34. The summed E-state index contributed by atoms with van der Waals surface area (Å²) in [5.74, 6) is 0.392. The first-order valence-electron chi connectivity index (χ1n) is 8.76. The number of nitrogens with zero attached hydrogens (tertiary/aromatic N) is 1. The van der Waals surface area contributed by atoms with Crippen LogP contribution in [0.15, 0.2) is 35.1 Å². The van der Waals surface area contributed by atoms with Gasteiger partial charge in [0, 0.05) is 6.61 Å². The summed E-state index contributed by atoms with van der Waals surface area (Å²) in [7, 11) is 0. The third kappa shape index (κ3) is 2.96. The Morgan fingerprint density at radius 3 is 2.96 bits per heavy atom. The maximum atomic E-state index is 12.8. The highest BCUT2D eigenvalue weighted by molar-refractivity contribution is 5.93. The number of hydrogen-bond donors (Lipinski definition) is 1. The first-order chi connectivity index (χ1) is 11.8. The summed E-state index contributed by atoms with van der Waals surface area (Å²) in [6, 6.07) is 8.42. The van der Waals surface area contributed by atoms with E-state index in [0.29, 0.717) is 18.1 Å². The molecule has 4 rings (SSSR count). The molecule has 2 atom stereocenters. The SMILES string of the molecule is O=C(N[C@@H]1CCCCc2ccccc21)c1ncoc1[C@@H]1CCCO1. The van der Waals surface area contributed by atoms with Crippen LogP contribution in [-0.4, -0.2) is 17.5 Å². The molecule has 1 N–H and O–H groups in total. The van der Waals surface area contributed by atoms with Gasteiger partial charge in [0.2, 0.25) is 0 Å². The lowest BCUT2D eigenvalue weighted by Crippen LogP contribution is -2.30. The molecule has 126 valence electrons. The first-order valence-corrected chi connectivity index (χ1v) is 8.76. The summed E-state index contributed by atoms with van der Waals surface area (Å²) in [6.07, 6.45) is 7.36. The minimum atomic E-state index is -0.170. The first kappa shape index (κ1) is 15.4. The number of rotatable bonds is 3. The molecule has 1 aliphatic heterocycles. The average Bonchev–Trinajstić information content (AvgIpc) is 3.25. The van der Waals surface area contributed by atoms with Crippen LogP contribution in [0.3, 0.4) is 0 Å². The van der Waals surface area contributed by atoms with Crippen molar-refractivity contribution in [3.63, 3.8) is 0 Å². The Morgan fingerprint density at radius 2 is 2.08 bits per heavy atom. The van der Waals surface area contributed by atoms with E-state index in [1.54, 1.807) is 0 Å². The number of fused-ring (bicyclic) bond motifs is 1. The molecular weight excluding hydrogens is 304 g/mol. The van der Waals surface area contributed by atoms with Gasteiger partial charge in [0.15, 0.2) is 17.8 Å². The van der Waals surface area contributed by atoms with E-state index in [2.05, 4.69) is 28.5 Å². The Bertz CT molecular complexity index is 719. The predicted molar refractivity (Wildman–Crippen MR) is 88.6 cm³/mol. The fraction of sp³-hybridized carbons (Fsp3) is 0.474. The van der Waals surface area contributed by atoms with Gasteiger partial charge in [0.1, 0.15) is 6.10 Å². The quantitative estimate of drug-likeness (QED) is 0.873. The van der Waals surface area contributed by atoms with E-state index in [-0.39, 0.29) is 18.1 Å². The molecular formula is C19H22N2O3. The number of benzene rings is 1. The Labute approximate surface area is 141 Å². The summed E-state index contributed by atoms with van der Waals surface area (Å²) in [5, 5.41) is 3.16. The van der Waals surface area contributed by atoms with E-state index in [1.807, 2.05) is 6.07 Å². The van der Waals surface area contributed by atoms with Crippen molar-refractivity contribution in [1.29, 1.82) is 0 Å². The van der Waals surface area contributed by atoms with Gasteiger partial charge < -0.3 is 14.5 Å². The van der Waals surface area contributed by atoms with Crippen LogP contribution < -0.4 is 5.32 Å². The van der Waals surface area contributed by atoms with Crippen LogP contribution in [0.5, 0.6) is 0 Å². The van der Waals surface area contributed by atoms with E-state index in [4.69, 9.17) is 9.15 Å². The highest BCUT2D eigenvalue weighted by atomic mass is 16.5. The fourth-order valence-corrected chi connectivity index (χ4v) is 3.74. The van der Waals surface area contributed by atoms with E-state index in [9.17, 15) is 4.79 Å². The fourth-order valence-electron chi connectivity index (χ4n) is 3.74. The second-order valence-corrected chi connectivity index (χ2v) is 6.54. The molecule has 2 heterocycles. The lowest BCUT2D eigenvalue weighted by Gasteiger charge is -2.19. The van der Waals surface area contributed by atoms with E-state index in [0.717, 1.165) is 38.5 Å². The van der Waals surface area contributed by atoms with Crippen LogP contribution in [0.2, 0.25) is 0 Å². The van der Waals surface area contributed by atoms with Gasteiger partial charge >= 0.3 is 0 Å². The molecule has 1 amide bonds. The largest absolute Gasteiger partial charge is 0.445 e. The van der Waals surface area contributed by atoms with Gasteiger partial charge in [-0.15, -0.1) is 0 Å². The second-order valence-electron chi connectivity index (χ2n) is 6.54. The summed E-state index contributed by atoms with van der Waals surface area (Å²) in [6.45, 7) is 0.711. The number of aryl methyl sites for hydroxylation is 1. The number of hydrogen-bond acceptors (Lipinski definition) is 4. The summed E-state index contributed by atoms with van der Waals surface area (Å²) >= 11 is 0. The van der Waals surface area contributed by atoms with Crippen LogP contribution in [0.4, 0.5) is 0 Å². The predicted octanol–water partition coefficient (Wildman–Crippen LogP) is 3.72. The molecule has 1 aliphatic carbocycles. The van der Waals surface area contributed by atoms with Crippen LogP contribution in [-0.2, 0) is 11.2 Å². The molecule has 5 nitrogen and oxygen atoms in total. The molecule has 0 bridgehead atoms. The van der Waals surface area contributed by atoms with Crippen LogP contribution in [0, 0.1) is 0 Å². The number of nitrogens with one attached hydrogen (secondary N) is 1. The zero-order valence-corrected chi connectivity index (χ0v) is 13.7. The lowest BCUT2D eigenvalue weighted by molar-refractivity contribution is 0.0851. The van der Waals surface area contributed by atoms with Gasteiger partial charge in [-0.1, -0.05) is 30.7 Å². The van der Waals surface area contributed by atoms with Gasteiger partial charge in [-0.3, -0.25) is 4.79 Å². The van der Waals surface area contributed by atoms with Crippen LogP contribution in [0.1, 0.15) is 71.6 Å². The summed E-state index contributed by atoms with van der Waals surface area (Å²) in [4.78, 5) is 16.9. The molecule has 2 aliphatic rings. The van der Waals surface area contributed by atoms with Crippen molar-refractivity contribution in [3.05, 3.63) is 53.2 Å². The average molecular weight is 326 g/mol. The van der Waals surface area contributed by atoms with Crippen molar-refractivity contribution < 1.29 is 13.9 Å². The van der Waals surface area contributed by atoms with Crippen molar-refractivity contribution in [2.24, 2.45) is 0 Å². The number of carbonyl (C=O) groups excluding carboxylic acids is 1. The highest BCUT2D eigenvalue weighted by Gasteiger charge is 2.29. The van der Waals surface area contributed by atoms with Gasteiger partial charge in [-0.05, 0) is 43.2 Å². The zero-order chi connectivity index (χ0) is 16.4. The summed E-state index contributed by atoms with van der Waals surface area (Å²) < 4.78 is 11.1. The number of aromatic nitrogens is 1. The third-order valence-electron chi connectivity index (χ3n) is 4.96. The molecule has 5 heteroatoms. The number of amides is 1. The Morgan fingerprint density at radius 1 is 1.17 bits per heavy atom. The van der Waals surface area contributed by atoms with Crippen molar-refractivity contribution >= 4 is 5.91 Å². The second kappa shape index (κ2) is 6.77.